The molecule has 3 aromatic rings. The lowest BCUT2D eigenvalue weighted by Gasteiger charge is -1.94. The van der Waals surface area contributed by atoms with Crippen molar-refractivity contribution in [3.8, 4) is 0 Å². The number of hydrogen-bond acceptors (Lipinski definition) is 3. The maximum absolute atomic E-state index is 12.3. The molecule has 0 atom stereocenters. The van der Waals surface area contributed by atoms with Gasteiger partial charge in [-0.15, -0.1) is 0 Å². The predicted octanol–water partition coefficient (Wildman–Crippen LogP) is 4.64. The van der Waals surface area contributed by atoms with Crippen LogP contribution in [0.2, 0.25) is 0 Å². The topological polar surface area (TPSA) is 43.4 Å². The number of carbonyl (C=O) groups excluding carboxylic acids is 1. The van der Waals surface area contributed by atoms with E-state index in [9.17, 15) is 4.79 Å². The fourth-order valence-electron chi connectivity index (χ4n) is 2.10. The summed E-state index contributed by atoms with van der Waals surface area (Å²) in [5.74, 6) is 0.366. The zero-order valence-electron chi connectivity index (χ0n) is 10.5. The first-order valence-electron chi connectivity index (χ1n) is 5.86. The van der Waals surface area contributed by atoms with Gasteiger partial charge in [-0.25, -0.2) is 0 Å². The maximum Gasteiger partial charge on any atom is 0.263 e. The van der Waals surface area contributed by atoms with Crippen molar-refractivity contribution in [1.82, 2.24) is 0 Å². The van der Waals surface area contributed by atoms with Crippen LogP contribution in [0.5, 0.6) is 0 Å². The van der Waals surface area contributed by atoms with Crippen LogP contribution in [0.1, 0.15) is 27.4 Å². The summed E-state index contributed by atoms with van der Waals surface area (Å²) in [6.07, 6.45) is 0. The number of rotatable bonds is 2. The Morgan fingerprint density at radius 3 is 2.58 bits per heavy atom. The summed E-state index contributed by atoms with van der Waals surface area (Å²) >= 11 is 3.19. The summed E-state index contributed by atoms with van der Waals surface area (Å²) in [7, 11) is 0. The normalized spacial score (nSPS) is 11.1. The zero-order chi connectivity index (χ0) is 13.6. The standard InChI is InChI=1S/C15H11BrO3/c1-8-3-4-11-10(7-8)9(2)15(19-11)14(17)12-5-6-13(16)18-12/h3-7H,1-2H3. The molecule has 19 heavy (non-hydrogen) atoms. The Bertz CT molecular complexity index is 780. The van der Waals surface area contributed by atoms with Crippen molar-refractivity contribution in [2.75, 3.05) is 0 Å². The zero-order valence-corrected chi connectivity index (χ0v) is 12.1. The smallest absolute Gasteiger partial charge is 0.263 e. The maximum atomic E-state index is 12.3. The third-order valence-electron chi connectivity index (χ3n) is 3.09. The van der Waals surface area contributed by atoms with Gasteiger partial charge in [-0.05, 0) is 54.0 Å². The van der Waals surface area contributed by atoms with Crippen LogP contribution in [-0.2, 0) is 0 Å². The summed E-state index contributed by atoms with van der Waals surface area (Å²) in [5.41, 5.74) is 2.70. The highest BCUT2D eigenvalue weighted by atomic mass is 79.9. The molecule has 0 N–H and O–H groups in total. The molecule has 3 rings (SSSR count). The number of hydrogen-bond donors (Lipinski definition) is 0. The van der Waals surface area contributed by atoms with E-state index in [-0.39, 0.29) is 11.5 Å². The summed E-state index contributed by atoms with van der Waals surface area (Å²) < 4.78 is 11.5. The molecule has 0 saturated carbocycles. The largest absolute Gasteiger partial charge is 0.452 e. The number of halogens is 1. The van der Waals surface area contributed by atoms with Gasteiger partial charge in [0.05, 0.1) is 0 Å². The van der Waals surface area contributed by atoms with Gasteiger partial charge in [-0.1, -0.05) is 11.6 Å². The lowest BCUT2D eigenvalue weighted by atomic mass is 10.1. The van der Waals surface area contributed by atoms with Gasteiger partial charge in [-0.3, -0.25) is 4.79 Å². The number of aryl methyl sites for hydroxylation is 2. The lowest BCUT2D eigenvalue weighted by molar-refractivity contribution is 0.0983. The van der Waals surface area contributed by atoms with Crippen molar-refractivity contribution in [2.45, 2.75) is 13.8 Å². The number of ketones is 1. The molecule has 0 unspecified atom stereocenters. The van der Waals surface area contributed by atoms with Crippen LogP contribution in [0.4, 0.5) is 0 Å². The molecule has 0 aliphatic rings. The number of benzene rings is 1. The van der Waals surface area contributed by atoms with Gasteiger partial charge in [0.1, 0.15) is 5.58 Å². The minimum Gasteiger partial charge on any atom is -0.452 e. The van der Waals surface area contributed by atoms with Crippen LogP contribution < -0.4 is 0 Å². The fraction of sp³-hybridized carbons (Fsp3) is 0.133. The van der Waals surface area contributed by atoms with Crippen LogP contribution in [0.25, 0.3) is 11.0 Å². The molecule has 0 amide bonds. The molecule has 0 aliphatic carbocycles. The monoisotopic (exact) mass is 318 g/mol. The Morgan fingerprint density at radius 2 is 1.89 bits per heavy atom. The van der Waals surface area contributed by atoms with Gasteiger partial charge in [0.25, 0.3) is 5.78 Å². The molecule has 1 aromatic carbocycles. The number of fused-ring (bicyclic) bond motifs is 1. The van der Waals surface area contributed by atoms with Gasteiger partial charge < -0.3 is 8.83 Å². The Kier molecular flexibility index (Phi) is 2.82. The Balaban J connectivity index is 2.15. The van der Waals surface area contributed by atoms with E-state index < -0.39 is 0 Å². The molecule has 2 heterocycles. The first kappa shape index (κ1) is 12.2. The van der Waals surface area contributed by atoms with Crippen molar-refractivity contribution in [2.24, 2.45) is 0 Å². The van der Waals surface area contributed by atoms with Crippen molar-refractivity contribution in [3.63, 3.8) is 0 Å². The van der Waals surface area contributed by atoms with Crippen molar-refractivity contribution in [3.05, 3.63) is 57.6 Å². The van der Waals surface area contributed by atoms with E-state index >= 15 is 0 Å². The third kappa shape index (κ3) is 2.02. The van der Waals surface area contributed by atoms with Crippen LogP contribution in [0.15, 0.2) is 43.8 Å². The van der Waals surface area contributed by atoms with Crippen LogP contribution in [0, 0.1) is 13.8 Å². The highest BCUT2D eigenvalue weighted by Crippen LogP contribution is 2.28. The van der Waals surface area contributed by atoms with Crippen LogP contribution in [0.3, 0.4) is 0 Å². The number of furan rings is 2. The van der Waals surface area contributed by atoms with E-state index in [1.54, 1.807) is 12.1 Å². The van der Waals surface area contributed by atoms with E-state index in [4.69, 9.17) is 8.83 Å². The second-order valence-corrected chi connectivity index (χ2v) is 5.27. The van der Waals surface area contributed by atoms with E-state index in [0.29, 0.717) is 10.4 Å². The second-order valence-electron chi connectivity index (χ2n) is 4.49. The summed E-state index contributed by atoms with van der Waals surface area (Å²) in [6.45, 7) is 3.90. The van der Waals surface area contributed by atoms with Gasteiger partial charge in [-0.2, -0.15) is 0 Å². The van der Waals surface area contributed by atoms with Gasteiger partial charge in [0, 0.05) is 10.9 Å². The second kappa shape index (κ2) is 4.38. The minimum absolute atomic E-state index is 0.239. The predicted molar refractivity (Wildman–Crippen MR) is 75.5 cm³/mol. The third-order valence-corrected chi connectivity index (χ3v) is 3.52. The van der Waals surface area contributed by atoms with Gasteiger partial charge >= 0.3 is 0 Å². The fourth-order valence-corrected chi connectivity index (χ4v) is 2.41. The summed E-state index contributed by atoms with van der Waals surface area (Å²) in [6, 6.07) is 9.18. The minimum atomic E-state index is -0.239. The molecule has 0 bridgehead atoms. The molecule has 0 radical (unpaired) electrons. The van der Waals surface area contributed by atoms with E-state index in [1.165, 1.54) is 0 Å². The highest BCUT2D eigenvalue weighted by Gasteiger charge is 2.21. The van der Waals surface area contributed by atoms with Gasteiger partial charge in [0.2, 0.25) is 0 Å². The molecular formula is C15H11BrO3. The molecule has 0 fully saturated rings. The average Bonchev–Trinajstić information content (AvgIpc) is 2.94. The molecule has 0 aliphatic heterocycles. The summed E-state index contributed by atoms with van der Waals surface area (Å²) in [4.78, 5) is 12.3. The number of carbonyl (C=O) groups is 1. The van der Waals surface area contributed by atoms with Gasteiger partial charge in [0.15, 0.2) is 16.2 Å². The Labute approximate surface area is 118 Å². The summed E-state index contributed by atoms with van der Waals surface area (Å²) in [5, 5.41) is 0.967. The van der Waals surface area contributed by atoms with E-state index in [0.717, 1.165) is 22.1 Å². The van der Waals surface area contributed by atoms with Crippen molar-refractivity contribution < 1.29 is 13.6 Å². The lowest BCUT2D eigenvalue weighted by Crippen LogP contribution is -1.99. The van der Waals surface area contributed by atoms with Crippen molar-refractivity contribution >= 4 is 32.7 Å². The molecule has 2 aromatic heterocycles. The average molecular weight is 319 g/mol. The highest BCUT2D eigenvalue weighted by molar-refractivity contribution is 9.10. The molecule has 0 saturated heterocycles. The van der Waals surface area contributed by atoms with Crippen LogP contribution in [-0.4, -0.2) is 5.78 Å². The molecular weight excluding hydrogens is 308 g/mol. The first-order valence-corrected chi connectivity index (χ1v) is 6.65. The first-order chi connectivity index (χ1) is 9.06. The Hall–Kier alpha value is -1.81. The SMILES string of the molecule is Cc1ccc2oc(C(=O)c3ccc(Br)o3)c(C)c2c1. The quantitative estimate of drug-likeness (QED) is 0.647. The van der Waals surface area contributed by atoms with Crippen molar-refractivity contribution in [1.29, 1.82) is 0 Å². The van der Waals surface area contributed by atoms with Crippen LogP contribution >= 0.6 is 15.9 Å². The molecule has 0 spiro atoms. The van der Waals surface area contributed by atoms with E-state index in [1.807, 2.05) is 32.0 Å². The molecule has 96 valence electrons. The molecule has 4 heteroatoms. The van der Waals surface area contributed by atoms with E-state index in [2.05, 4.69) is 15.9 Å². The Morgan fingerprint density at radius 1 is 1.11 bits per heavy atom. The molecule has 3 nitrogen and oxygen atoms in total.